The molecular formula is C42H28N2S. The van der Waals surface area contributed by atoms with Crippen molar-refractivity contribution in [2.75, 3.05) is 4.90 Å². The van der Waals surface area contributed by atoms with Crippen LogP contribution in [-0.4, -0.2) is 4.57 Å². The minimum Gasteiger partial charge on any atom is -0.310 e. The van der Waals surface area contributed by atoms with Gasteiger partial charge >= 0.3 is 0 Å². The van der Waals surface area contributed by atoms with Crippen LogP contribution in [0.3, 0.4) is 0 Å². The lowest BCUT2D eigenvalue weighted by molar-refractivity contribution is 1.18. The number of aromatic nitrogens is 1. The Morgan fingerprint density at radius 3 is 1.80 bits per heavy atom. The molecule has 0 unspecified atom stereocenters. The van der Waals surface area contributed by atoms with E-state index in [4.69, 9.17) is 0 Å². The number of thiophene rings is 1. The first-order valence-electron chi connectivity index (χ1n) is 15.3. The molecule has 0 saturated heterocycles. The highest BCUT2D eigenvalue weighted by Gasteiger charge is 2.20. The van der Waals surface area contributed by atoms with Crippen molar-refractivity contribution in [2.45, 2.75) is 0 Å². The SMILES string of the molecule is c1ccc(N(c2ccccc2)c2ccc3sc4cccc(-c5cccc6c7ccccc7n(-c7ccccc7)c56)c4c3c2)cc1. The van der Waals surface area contributed by atoms with Crippen molar-refractivity contribution in [1.29, 1.82) is 0 Å². The van der Waals surface area contributed by atoms with Crippen molar-refractivity contribution >= 4 is 70.4 Å². The van der Waals surface area contributed by atoms with Gasteiger partial charge in [0.25, 0.3) is 0 Å². The van der Waals surface area contributed by atoms with Gasteiger partial charge in [-0.15, -0.1) is 11.3 Å². The van der Waals surface area contributed by atoms with Crippen molar-refractivity contribution in [2.24, 2.45) is 0 Å². The van der Waals surface area contributed by atoms with Crippen LogP contribution < -0.4 is 4.90 Å². The fourth-order valence-electron chi connectivity index (χ4n) is 6.86. The Hall–Kier alpha value is -5.64. The molecule has 3 heteroatoms. The average Bonchev–Trinajstić information content (AvgIpc) is 3.66. The number of fused-ring (bicyclic) bond motifs is 6. The molecule has 0 radical (unpaired) electrons. The molecule has 45 heavy (non-hydrogen) atoms. The fraction of sp³-hybridized carbons (Fsp3) is 0. The van der Waals surface area contributed by atoms with Crippen molar-refractivity contribution in [3.05, 3.63) is 170 Å². The Labute approximate surface area is 265 Å². The minimum absolute atomic E-state index is 1.14. The highest BCUT2D eigenvalue weighted by Crippen LogP contribution is 2.46. The third-order valence-electron chi connectivity index (χ3n) is 8.76. The van der Waals surface area contributed by atoms with E-state index in [0.29, 0.717) is 0 Å². The number of rotatable bonds is 5. The van der Waals surface area contributed by atoms with Gasteiger partial charge < -0.3 is 9.47 Å². The standard InChI is InChI=1S/C42H28N2S/c1-4-14-29(15-5-1)43(30-16-6-2-7-17-30)32-26-27-39-37(28-32)41-34(21-13-25-40(41)45-39)36-23-12-22-35-33-20-10-11-24-38(33)44(42(35)36)31-18-8-3-9-19-31/h1-28H. The molecule has 9 aromatic rings. The van der Waals surface area contributed by atoms with Gasteiger partial charge in [0.05, 0.1) is 11.0 Å². The minimum atomic E-state index is 1.14. The number of nitrogens with zero attached hydrogens (tertiary/aromatic N) is 2. The molecule has 0 N–H and O–H groups in total. The van der Waals surface area contributed by atoms with E-state index in [1.807, 2.05) is 11.3 Å². The summed E-state index contributed by atoms with van der Waals surface area (Å²) >= 11 is 1.87. The summed E-state index contributed by atoms with van der Waals surface area (Å²) in [5.74, 6) is 0. The number of para-hydroxylation sites is 5. The van der Waals surface area contributed by atoms with Crippen molar-refractivity contribution in [3.8, 4) is 16.8 Å². The van der Waals surface area contributed by atoms with Crippen LogP contribution in [0.2, 0.25) is 0 Å². The second kappa shape index (κ2) is 10.5. The third kappa shape index (κ3) is 4.16. The third-order valence-corrected chi connectivity index (χ3v) is 9.90. The summed E-state index contributed by atoms with van der Waals surface area (Å²) in [5.41, 5.74) is 9.55. The van der Waals surface area contributed by atoms with E-state index in [1.165, 1.54) is 58.8 Å². The average molecular weight is 593 g/mol. The molecule has 2 heterocycles. The van der Waals surface area contributed by atoms with Crippen LogP contribution in [0.15, 0.2) is 170 Å². The van der Waals surface area contributed by atoms with Crippen LogP contribution in [0.5, 0.6) is 0 Å². The molecule has 0 bridgehead atoms. The van der Waals surface area contributed by atoms with Crippen molar-refractivity contribution in [1.82, 2.24) is 4.57 Å². The topological polar surface area (TPSA) is 8.17 Å². The van der Waals surface area contributed by atoms with E-state index in [9.17, 15) is 0 Å². The van der Waals surface area contributed by atoms with Gasteiger partial charge in [0.15, 0.2) is 0 Å². The lowest BCUT2D eigenvalue weighted by atomic mass is 9.97. The Kier molecular flexibility index (Phi) is 6.03. The van der Waals surface area contributed by atoms with Gasteiger partial charge in [0.2, 0.25) is 0 Å². The number of hydrogen-bond donors (Lipinski definition) is 0. The van der Waals surface area contributed by atoms with Crippen LogP contribution >= 0.6 is 11.3 Å². The van der Waals surface area contributed by atoms with E-state index < -0.39 is 0 Å². The summed E-state index contributed by atoms with van der Waals surface area (Å²) in [5, 5.41) is 5.12. The van der Waals surface area contributed by atoms with Gasteiger partial charge in [-0.2, -0.15) is 0 Å². The second-order valence-electron chi connectivity index (χ2n) is 11.4. The molecule has 212 valence electrons. The van der Waals surface area contributed by atoms with Gasteiger partial charge in [0, 0.05) is 59.3 Å². The van der Waals surface area contributed by atoms with Gasteiger partial charge in [0.1, 0.15) is 0 Å². The molecule has 7 aromatic carbocycles. The summed E-state index contributed by atoms with van der Waals surface area (Å²) in [6.07, 6.45) is 0. The van der Waals surface area contributed by atoms with E-state index in [1.54, 1.807) is 0 Å². The van der Waals surface area contributed by atoms with Gasteiger partial charge in [-0.3, -0.25) is 0 Å². The van der Waals surface area contributed by atoms with Crippen molar-refractivity contribution in [3.63, 3.8) is 0 Å². The van der Waals surface area contributed by atoms with Crippen LogP contribution in [0.4, 0.5) is 17.1 Å². The Bertz CT molecular complexity index is 2440. The number of benzene rings is 7. The summed E-state index contributed by atoms with van der Waals surface area (Å²) in [6, 6.07) is 61.3. The fourth-order valence-corrected chi connectivity index (χ4v) is 7.97. The summed E-state index contributed by atoms with van der Waals surface area (Å²) in [7, 11) is 0. The lowest BCUT2D eigenvalue weighted by Gasteiger charge is -2.25. The molecule has 2 nitrogen and oxygen atoms in total. The normalized spacial score (nSPS) is 11.6. The predicted molar refractivity (Wildman–Crippen MR) is 194 cm³/mol. The van der Waals surface area contributed by atoms with Gasteiger partial charge in [-0.05, 0) is 72.3 Å². The Balaban J connectivity index is 1.34. The van der Waals surface area contributed by atoms with E-state index in [-0.39, 0.29) is 0 Å². The van der Waals surface area contributed by atoms with E-state index >= 15 is 0 Å². The molecule has 0 spiro atoms. The maximum atomic E-state index is 2.44. The quantitative estimate of drug-likeness (QED) is 0.193. The Morgan fingerprint density at radius 1 is 0.422 bits per heavy atom. The first-order chi connectivity index (χ1) is 22.3. The lowest BCUT2D eigenvalue weighted by Crippen LogP contribution is -2.09. The van der Waals surface area contributed by atoms with Crippen LogP contribution in [0.1, 0.15) is 0 Å². The predicted octanol–water partition coefficient (Wildman–Crippen LogP) is 12.3. The molecule has 9 rings (SSSR count). The first kappa shape index (κ1) is 25.8. The molecule has 0 fully saturated rings. The second-order valence-corrected chi connectivity index (χ2v) is 12.4. The highest BCUT2D eigenvalue weighted by molar-refractivity contribution is 7.26. The smallest absolute Gasteiger partial charge is 0.0619 e. The maximum absolute atomic E-state index is 2.44. The zero-order valence-corrected chi connectivity index (χ0v) is 25.3. The molecule has 0 aliphatic rings. The molecule has 0 aliphatic carbocycles. The van der Waals surface area contributed by atoms with E-state index in [2.05, 4.69) is 179 Å². The zero-order chi connectivity index (χ0) is 29.7. The molecule has 2 aromatic heterocycles. The molecule has 0 aliphatic heterocycles. The number of hydrogen-bond acceptors (Lipinski definition) is 2. The van der Waals surface area contributed by atoms with Crippen LogP contribution in [0, 0.1) is 0 Å². The molecule has 0 saturated carbocycles. The molecule has 0 atom stereocenters. The summed E-state index contributed by atoms with van der Waals surface area (Å²) in [4.78, 5) is 2.35. The van der Waals surface area contributed by atoms with Crippen LogP contribution in [-0.2, 0) is 0 Å². The molecule has 0 amide bonds. The van der Waals surface area contributed by atoms with Gasteiger partial charge in [-0.25, -0.2) is 0 Å². The molecular weight excluding hydrogens is 565 g/mol. The maximum Gasteiger partial charge on any atom is 0.0619 e. The van der Waals surface area contributed by atoms with Crippen LogP contribution in [0.25, 0.3) is 58.8 Å². The Morgan fingerprint density at radius 2 is 1.04 bits per heavy atom. The summed E-state index contributed by atoms with van der Waals surface area (Å²) in [6.45, 7) is 0. The zero-order valence-electron chi connectivity index (χ0n) is 24.5. The monoisotopic (exact) mass is 592 g/mol. The first-order valence-corrected chi connectivity index (χ1v) is 16.1. The van der Waals surface area contributed by atoms with Gasteiger partial charge in [-0.1, -0.05) is 103 Å². The van der Waals surface area contributed by atoms with E-state index in [0.717, 1.165) is 17.1 Å². The number of anilines is 3. The highest BCUT2D eigenvalue weighted by atomic mass is 32.1. The van der Waals surface area contributed by atoms with Crippen molar-refractivity contribution < 1.29 is 0 Å². The largest absolute Gasteiger partial charge is 0.310 e. The summed E-state index contributed by atoms with van der Waals surface area (Å²) < 4.78 is 5.02.